The molecule has 0 radical (unpaired) electrons. The lowest BCUT2D eigenvalue weighted by Gasteiger charge is -2.11. The normalized spacial score (nSPS) is 10.6. The summed E-state index contributed by atoms with van der Waals surface area (Å²) in [5.74, 6) is 0.818. The van der Waals surface area contributed by atoms with Gasteiger partial charge in [0, 0.05) is 16.3 Å². The van der Waals surface area contributed by atoms with E-state index in [1.807, 2.05) is 12.1 Å². The van der Waals surface area contributed by atoms with Gasteiger partial charge in [0.1, 0.15) is 11.4 Å². The molecule has 0 aliphatic heterocycles. The van der Waals surface area contributed by atoms with Gasteiger partial charge in [0.15, 0.2) is 0 Å². The van der Waals surface area contributed by atoms with E-state index in [-0.39, 0.29) is 11.7 Å². The summed E-state index contributed by atoms with van der Waals surface area (Å²) in [7, 11) is 1.60. The summed E-state index contributed by atoms with van der Waals surface area (Å²) < 4.78 is 6.81. The van der Waals surface area contributed by atoms with Gasteiger partial charge in [-0.25, -0.2) is 4.98 Å². The average Bonchev–Trinajstić information content (AvgIpc) is 2.89. The fraction of sp³-hybridized carbons (Fsp3) is 0.111. The Labute approximate surface area is 144 Å². The van der Waals surface area contributed by atoms with E-state index in [2.05, 4.69) is 4.98 Å². The second kappa shape index (κ2) is 6.37. The Hall–Kier alpha value is -2.79. The lowest BCUT2D eigenvalue weighted by molar-refractivity contribution is 0.103. The van der Waals surface area contributed by atoms with Crippen LogP contribution in [0.15, 0.2) is 48.5 Å². The van der Waals surface area contributed by atoms with E-state index in [0.717, 1.165) is 11.4 Å². The number of hydrogen-bond donors (Lipinski definition) is 1. The van der Waals surface area contributed by atoms with E-state index in [1.165, 1.54) is 0 Å². The van der Waals surface area contributed by atoms with Crippen LogP contribution in [0, 0.1) is 6.92 Å². The quantitative estimate of drug-likeness (QED) is 0.735. The maximum atomic E-state index is 12.9. The number of anilines is 1. The third-order valence-electron chi connectivity index (χ3n) is 3.73. The van der Waals surface area contributed by atoms with Crippen molar-refractivity contribution in [1.82, 2.24) is 9.55 Å². The number of imidazole rings is 1. The number of carbonyl (C=O) groups is 1. The van der Waals surface area contributed by atoms with E-state index in [0.29, 0.717) is 22.0 Å². The molecule has 0 saturated carbocycles. The fourth-order valence-electron chi connectivity index (χ4n) is 2.55. The van der Waals surface area contributed by atoms with Crippen LogP contribution in [0.25, 0.3) is 5.69 Å². The Kier molecular flexibility index (Phi) is 4.27. The van der Waals surface area contributed by atoms with Crippen molar-refractivity contribution in [1.29, 1.82) is 0 Å². The number of nitrogens with two attached hydrogens (primary N) is 1. The van der Waals surface area contributed by atoms with Gasteiger partial charge in [0.25, 0.3) is 0 Å². The number of nitrogens with zero attached hydrogens (tertiary/aromatic N) is 2. The molecule has 1 aromatic heterocycles. The Bertz CT molecular complexity index is 884. The van der Waals surface area contributed by atoms with Crippen LogP contribution in [0.1, 0.15) is 21.7 Å². The van der Waals surface area contributed by atoms with Gasteiger partial charge in [-0.3, -0.25) is 9.36 Å². The Morgan fingerprint density at radius 3 is 2.33 bits per heavy atom. The zero-order chi connectivity index (χ0) is 17.3. The molecule has 122 valence electrons. The maximum absolute atomic E-state index is 12.9. The molecule has 0 fully saturated rings. The predicted molar refractivity (Wildman–Crippen MR) is 94.1 cm³/mol. The minimum atomic E-state index is -0.163. The van der Waals surface area contributed by atoms with E-state index in [1.54, 1.807) is 55.0 Å². The lowest BCUT2D eigenvalue weighted by atomic mass is 10.1. The highest BCUT2D eigenvalue weighted by molar-refractivity contribution is 6.30. The first kappa shape index (κ1) is 16.1. The Morgan fingerprint density at radius 2 is 1.75 bits per heavy atom. The van der Waals surface area contributed by atoms with Gasteiger partial charge in [0.05, 0.1) is 12.8 Å². The first-order valence-corrected chi connectivity index (χ1v) is 7.68. The number of ether oxygens (including phenoxy) is 1. The van der Waals surface area contributed by atoms with Crippen LogP contribution in [0.5, 0.6) is 5.75 Å². The number of hydrogen-bond acceptors (Lipinski definition) is 4. The minimum Gasteiger partial charge on any atom is -0.497 e. The molecule has 0 atom stereocenters. The fourth-order valence-corrected chi connectivity index (χ4v) is 2.67. The molecular formula is C18H16ClN3O2. The van der Waals surface area contributed by atoms with E-state index in [4.69, 9.17) is 22.1 Å². The van der Waals surface area contributed by atoms with Gasteiger partial charge in [-0.05, 0) is 55.5 Å². The number of nitrogen functional groups attached to an aromatic ring is 1. The number of rotatable bonds is 4. The molecule has 24 heavy (non-hydrogen) atoms. The summed E-state index contributed by atoms with van der Waals surface area (Å²) in [4.78, 5) is 17.2. The van der Waals surface area contributed by atoms with Crippen LogP contribution in [0.4, 0.5) is 5.95 Å². The van der Waals surface area contributed by atoms with E-state index >= 15 is 0 Å². The lowest BCUT2D eigenvalue weighted by Crippen LogP contribution is -2.12. The molecule has 0 bridgehead atoms. The monoisotopic (exact) mass is 341 g/mol. The Morgan fingerprint density at radius 1 is 1.12 bits per heavy atom. The van der Waals surface area contributed by atoms with Crippen molar-refractivity contribution < 1.29 is 9.53 Å². The second-order valence-electron chi connectivity index (χ2n) is 5.27. The molecule has 0 saturated heterocycles. The molecule has 6 heteroatoms. The van der Waals surface area contributed by atoms with Crippen molar-refractivity contribution in [2.24, 2.45) is 0 Å². The van der Waals surface area contributed by atoms with Gasteiger partial charge in [-0.15, -0.1) is 0 Å². The zero-order valence-corrected chi connectivity index (χ0v) is 14.0. The number of ketones is 1. The predicted octanol–water partition coefficient (Wildman–Crippen LogP) is 3.66. The average molecular weight is 342 g/mol. The molecule has 2 N–H and O–H groups in total. The molecule has 0 spiro atoms. The van der Waals surface area contributed by atoms with Crippen molar-refractivity contribution >= 4 is 23.3 Å². The largest absolute Gasteiger partial charge is 0.497 e. The molecule has 1 heterocycles. The van der Waals surface area contributed by atoms with Gasteiger partial charge < -0.3 is 10.5 Å². The van der Waals surface area contributed by atoms with Gasteiger partial charge in [-0.2, -0.15) is 0 Å². The number of halogens is 1. The topological polar surface area (TPSA) is 70.1 Å². The highest BCUT2D eigenvalue weighted by Gasteiger charge is 2.22. The van der Waals surface area contributed by atoms with Crippen LogP contribution in [-0.2, 0) is 0 Å². The second-order valence-corrected chi connectivity index (χ2v) is 5.71. The number of benzene rings is 2. The smallest absolute Gasteiger partial charge is 0.211 e. The standard InChI is InChI=1S/C18H16ClN3O2/c1-11-16(17(23)12-3-5-13(19)6-4-12)22(18(20)21-11)14-7-9-15(24-2)10-8-14/h3-10H,1-2H3,(H2,20,21). The number of aromatic nitrogens is 2. The van der Waals surface area contributed by atoms with Crippen molar-refractivity contribution in [3.63, 3.8) is 0 Å². The maximum Gasteiger partial charge on any atom is 0.211 e. The molecular weight excluding hydrogens is 326 g/mol. The van der Waals surface area contributed by atoms with Crippen LogP contribution in [0.3, 0.4) is 0 Å². The summed E-state index contributed by atoms with van der Waals surface area (Å²) in [6.07, 6.45) is 0. The first-order valence-electron chi connectivity index (χ1n) is 7.30. The zero-order valence-electron chi connectivity index (χ0n) is 13.3. The SMILES string of the molecule is COc1ccc(-n2c(N)nc(C)c2C(=O)c2ccc(Cl)cc2)cc1. The summed E-state index contributed by atoms with van der Waals surface area (Å²) in [5, 5.41) is 0.575. The van der Waals surface area contributed by atoms with E-state index in [9.17, 15) is 4.79 Å². The molecule has 0 unspecified atom stereocenters. The Balaban J connectivity index is 2.11. The summed E-state index contributed by atoms with van der Waals surface area (Å²) in [6.45, 7) is 1.76. The van der Waals surface area contributed by atoms with Gasteiger partial charge in [-0.1, -0.05) is 11.6 Å². The first-order chi connectivity index (χ1) is 11.5. The van der Waals surface area contributed by atoms with Crippen molar-refractivity contribution in [3.05, 3.63) is 70.5 Å². The van der Waals surface area contributed by atoms with E-state index < -0.39 is 0 Å². The molecule has 0 aliphatic carbocycles. The van der Waals surface area contributed by atoms with Crippen molar-refractivity contribution in [2.75, 3.05) is 12.8 Å². The van der Waals surface area contributed by atoms with Crippen molar-refractivity contribution in [2.45, 2.75) is 6.92 Å². The summed E-state index contributed by atoms with van der Waals surface area (Å²) in [6, 6.07) is 14.0. The highest BCUT2D eigenvalue weighted by Crippen LogP contribution is 2.24. The van der Waals surface area contributed by atoms with Crippen LogP contribution < -0.4 is 10.5 Å². The third-order valence-corrected chi connectivity index (χ3v) is 3.98. The number of methoxy groups -OCH3 is 1. The van der Waals surface area contributed by atoms with Gasteiger partial charge >= 0.3 is 0 Å². The molecule has 0 amide bonds. The molecule has 3 rings (SSSR count). The summed E-state index contributed by atoms with van der Waals surface area (Å²) >= 11 is 5.89. The summed E-state index contributed by atoms with van der Waals surface area (Å²) in [5.41, 5.74) is 8.30. The van der Waals surface area contributed by atoms with Crippen LogP contribution in [0.2, 0.25) is 5.02 Å². The third kappa shape index (κ3) is 2.86. The van der Waals surface area contributed by atoms with Crippen LogP contribution in [-0.4, -0.2) is 22.4 Å². The molecule has 5 nitrogen and oxygen atoms in total. The molecule has 0 aliphatic rings. The molecule has 3 aromatic rings. The molecule has 2 aromatic carbocycles. The minimum absolute atomic E-state index is 0.163. The van der Waals surface area contributed by atoms with Crippen LogP contribution >= 0.6 is 11.6 Å². The van der Waals surface area contributed by atoms with Gasteiger partial charge in [0.2, 0.25) is 11.7 Å². The number of carbonyl (C=O) groups excluding carboxylic acids is 1. The highest BCUT2D eigenvalue weighted by atomic mass is 35.5. The van der Waals surface area contributed by atoms with Crippen molar-refractivity contribution in [3.8, 4) is 11.4 Å². The number of aryl methyl sites for hydroxylation is 1.